The molecule has 90 valence electrons. The molecule has 0 aromatic heterocycles. The molecule has 4 heteroatoms. The van der Waals surface area contributed by atoms with Crippen molar-refractivity contribution in [3.05, 3.63) is 0 Å². The topological polar surface area (TPSA) is 66.6 Å². The average Bonchev–Trinajstić information content (AvgIpc) is 2.08. The second-order valence-corrected chi connectivity index (χ2v) is 4.89. The summed E-state index contributed by atoms with van der Waals surface area (Å²) in [4.78, 5) is 13.5. The van der Waals surface area contributed by atoms with Crippen LogP contribution in [0.2, 0.25) is 0 Å². The molecule has 0 spiro atoms. The molecule has 1 amide bonds. The summed E-state index contributed by atoms with van der Waals surface area (Å²) in [5, 5.41) is 8.84. The molecule has 0 heterocycles. The Bertz CT molecular complexity index is 197. The van der Waals surface area contributed by atoms with Crippen molar-refractivity contribution in [2.24, 2.45) is 5.73 Å². The van der Waals surface area contributed by atoms with E-state index >= 15 is 0 Å². The van der Waals surface area contributed by atoms with Gasteiger partial charge in [-0.3, -0.25) is 4.79 Å². The number of hydrogen-bond donors (Lipinski definition) is 2. The average molecular weight is 216 g/mol. The molecule has 0 aromatic rings. The number of carbonyl (C=O) groups is 1. The van der Waals surface area contributed by atoms with E-state index in [0.717, 1.165) is 0 Å². The summed E-state index contributed by atoms with van der Waals surface area (Å²) in [6, 6.07) is 0.130. The van der Waals surface area contributed by atoms with Crippen molar-refractivity contribution in [2.75, 3.05) is 13.2 Å². The predicted octanol–water partition coefficient (Wildman–Crippen LogP) is 0.733. The van der Waals surface area contributed by atoms with E-state index in [9.17, 15) is 4.79 Å². The van der Waals surface area contributed by atoms with Crippen LogP contribution in [0.25, 0.3) is 0 Å². The van der Waals surface area contributed by atoms with Crippen molar-refractivity contribution in [3.63, 3.8) is 0 Å². The lowest BCUT2D eigenvalue weighted by molar-refractivity contribution is -0.133. The largest absolute Gasteiger partial charge is 0.395 e. The van der Waals surface area contributed by atoms with Gasteiger partial charge in [0.1, 0.15) is 0 Å². The fourth-order valence-electron chi connectivity index (χ4n) is 1.35. The van der Waals surface area contributed by atoms with Crippen LogP contribution >= 0.6 is 0 Å². The number of aliphatic hydroxyl groups excluding tert-OH is 1. The zero-order valence-corrected chi connectivity index (χ0v) is 10.3. The first-order valence-corrected chi connectivity index (χ1v) is 5.47. The van der Waals surface area contributed by atoms with Gasteiger partial charge in [0.05, 0.1) is 6.61 Å². The summed E-state index contributed by atoms with van der Waals surface area (Å²) < 4.78 is 0. The first kappa shape index (κ1) is 14.4. The number of amides is 1. The van der Waals surface area contributed by atoms with Crippen LogP contribution in [-0.4, -0.2) is 40.6 Å². The van der Waals surface area contributed by atoms with E-state index in [-0.39, 0.29) is 24.1 Å². The van der Waals surface area contributed by atoms with Gasteiger partial charge in [0, 0.05) is 24.5 Å². The van der Waals surface area contributed by atoms with Crippen LogP contribution < -0.4 is 5.73 Å². The Hall–Kier alpha value is -0.610. The number of hydrogen-bond acceptors (Lipinski definition) is 3. The van der Waals surface area contributed by atoms with E-state index in [0.29, 0.717) is 19.4 Å². The summed E-state index contributed by atoms with van der Waals surface area (Å²) in [7, 11) is 0. The summed E-state index contributed by atoms with van der Waals surface area (Å²) in [6.07, 6.45) is 1.11. The molecule has 0 saturated heterocycles. The van der Waals surface area contributed by atoms with E-state index in [1.165, 1.54) is 0 Å². The third-order valence-corrected chi connectivity index (χ3v) is 2.27. The van der Waals surface area contributed by atoms with Crippen LogP contribution in [0.3, 0.4) is 0 Å². The molecule has 0 rings (SSSR count). The van der Waals surface area contributed by atoms with Crippen molar-refractivity contribution < 1.29 is 9.90 Å². The molecule has 0 aliphatic carbocycles. The molecule has 0 aliphatic rings. The highest BCUT2D eigenvalue weighted by atomic mass is 16.3. The third kappa shape index (κ3) is 6.47. The normalized spacial score (nSPS) is 11.9. The molecule has 0 bridgehead atoms. The second kappa shape index (κ2) is 6.08. The van der Waals surface area contributed by atoms with Gasteiger partial charge in [-0.2, -0.15) is 0 Å². The highest BCUT2D eigenvalue weighted by Crippen LogP contribution is 2.10. The summed E-state index contributed by atoms with van der Waals surface area (Å²) in [5.74, 6) is 0.0672. The number of nitrogens with zero attached hydrogens (tertiary/aromatic N) is 1. The Morgan fingerprint density at radius 2 is 2.00 bits per heavy atom. The zero-order chi connectivity index (χ0) is 12.1. The first-order valence-electron chi connectivity index (χ1n) is 5.47. The second-order valence-electron chi connectivity index (χ2n) is 4.89. The highest BCUT2D eigenvalue weighted by molar-refractivity contribution is 5.76. The first-order chi connectivity index (χ1) is 6.78. The molecular formula is C11H24N2O2. The molecule has 0 atom stereocenters. The SMILES string of the molecule is CC(C)N(CCO)C(=O)CCC(C)(C)N. The van der Waals surface area contributed by atoms with Crippen LogP contribution in [0.15, 0.2) is 0 Å². The van der Waals surface area contributed by atoms with E-state index in [4.69, 9.17) is 10.8 Å². The predicted molar refractivity (Wildman–Crippen MR) is 61.4 cm³/mol. The smallest absolute Gasteiger partial charge is 0.222 e. The standard InChI is InChI=1S/C11H24N2O2/c1-9(2)13(7-8-14)10(15)5-6-11(3,4)12/h9,14H,5-8,12H2,1-4H3. The number of aliphatic hydroxyl groups is 1. The lowest BCUT2D eigenvalue weighted by Crippen LogP contribution is -2.41. The lowest BCUT2D eigenvalue weighted by Gasteiger charge is -2.27. The monoisotopic (exact) mass is 216 g/mol. The molecule has 0 saturated carbocycles. The Kier molecular flexibility index (Phi) is 5.83. The van der Waals surface area contributed by atoms with Gasteiger partial charge in [0.25, 0.3) is 0 Å². The van der Waals surface area contributed by atoms with Gasteiger partial charge in [-0.25, -0.2) is 0 Å². The van der Waals surface area contributed by atoms with E-state index in [1.54, 1.807) is 4.90 Å². The molecule has 0 unspecified atom stereocenters. The number of nitrogens with two attached hydrogens (primary N) is 1. The third-order valence-electron chi connectivity index (χ3n) is 2.27. The lowest BCUT2D eigenvalue weighted by atomic mass is 9.99. The Morgan fingerprint density at radius 3 is 2.33 bits per heavy atom. The molecule has 0 fully saturated rings. The quantitative estimate of drug-likeness (QED) is 0.688. The number of carbonyl (C=O) groups excluding carboxylic acids is 1. The molecule has 4 nitrogen and oxygen atoms in total. The van der Waals surface area contributed by atoms with Crippen molar-refractivity contribution >= 4 is 5.91 Å². The molecule has 3 N–H and O–H groups in total. The van der Waals surface area contributed by atoms with Gasteiger partial charge in [0.2, 0.25) is 5.91 Å². The van der Waals surface area contributed by atoms with E-state index in [1.807, 2.05) is 27.7 Å². The Morgan fingerprint density at radius 1 is 1.47 bits per heavy atom. The number of rotatable bonds is 6. The van der Waals surface area contributed by atoms with Crippen LogP contribution in [0.4, 0.5) is 0 Å². The van der Waals surface area contributed by atoms with Gasteiger partial charge < -0.3 is 15.7 Å². The van der Waals surface area contributed by atoms with Gasteiger partial charge >= 0.3 is 0 Å². The van der Waals surface area contributed by atoms with Gasteiger partial charge in [0.15, 0.2) is 0 Å². The molecule has 15 heavy (non-hydrogen) atoms. The summed E-state index contributed by atoms with van der Waals surface area (Å²) in [6.45, 7) is 8.12. The van der Waals surface area contributed by atoms with Crippen molar-refractivity contribution in [3.8, 4) is 0 Å². The molecule has 0 aromatic carbocycles. The minimum absolute atomic E-state index is 0.00986. The van der Waals surface area contributed by atoms with Crippen LogP contribution in [0.5, 0.6) is 0 Å². The maximum atomic E-state index is 11.8. The van der Waals surface area contributed by atoms with Crippen molar-refractivity contribution in [2.45, 2.75) is 52.1 Å². The maximum Gasteiger partial charge on any atom is 0.222 e. The van der Waals surface area contributed by atoms with E-state index in [2.05, 4.69) is 0 Å². The minimum Gasteiger partial charge on any atom is -0.395 e. The van der Waals surface area contributed by atoms with Crippen molar-refractivity contribution in [1.82, 2.24) is 4.90 Å². The van der Waals surface area contributed by atoms with Crippen LogP contribution in [-0.2, 0) is 4.79 Å². The van der Waals surface area contributed by atoms with Crippen LogP contribution in [0, 0.1) is 0 Å². The van der Waals surface area contributed by atoms with Crippen molar-refractivity contribution in [1.29, 1.82) is 0 Å². The molecular weight excluding hydrogens is 192 g/mol. The highest BCUT2D eigenvalue weighted by Gasteiger charge is 2.19. The van der Waals surface area contributed by atoms with E-state index < -0.39 is 0 Å². The summed E-state index contributed by atoms with van der Waals surface area (Å²) in [5.41, 5.74) is 5.51. The fraction of sp³-hybridized carbons (Fsp3) is 0.909. The zero-order valence-electron chi connectivity index (χ0n) is 10.3. The van der Waals surface area contributed by atoms with Gasteiger partial charge in [-0.05, 0) is 34.1 Å². The summed E-state index contributed by atoms with van der Waals surface area (Å²) >= 11 is 0. The van der Waals surface area contributed by atoms with Gasteiger partial charge in [-0.15, -0.1) is 0 Å². The fourth-order valence-corrected chi connectivity index (χ4v) is 1.35. The molecule has 0 aliphatic heterocycles. The minimum atomic E-state index is -0.308. The Balaban J connectivity index is 4.15. The van der Waals surface area contributed by atoms with Crippen LogP contribution in [0.1, 0.15) is 40.5 Å². The van der Waals surface area contributed by atoms with Gasteiger partial charge in [-0.1, -0.05) is 0 Å². The molecule has 0 radical (unpaired) electrons. The maximum absolute atomic E-state index is 11.8. The Labute approximate surface area is 92.4 Å².